The first kappa shape index (κ1) is 22.4. The van der Waals surface area contributed by atoms with E-state index in [0.717, 1.165) is 19.3 Å². The van der Waals surface area contributed by atoms with E-state index in [2.05, 4.69) is 5.32 Å². The smallest absolute Gasteiger partial charge is 0.305 e. The van der Waals surface area contributed by atoms with E-state index in [1.165, 1.54) is 0 Å². The molecule has 0 aromatic carbocycles. The van der Waals surface area contributed by atoms with Gasteiger partial charge in [-0.25, -0.2) is 0 Å². The summed E-state index contributed by atoms with van der Waals surface area (Å²) in [5.74, 6) is -0.885. The van der Waals surface area contributed by atoms with E-state index in [0.29, 0.717) is 25.8 Å². The molecule has 0 aromatic heterocycles. The zero-order chi connectivity index (χ0) is 20.5. The van der Waals surface area contributed by atoms with Crippen LogP contribution in [0.3, 0.4) is 0 Å². The summed E-state index contributed by atoms with van der Waals surface area (Å²) in [5, 5.41) is 12.4. The summed E-state index contributed by atoms with van der Waals surface area (Å²) in [6.07, 6.45) is 7.99. The van der Waals surface area contributed by atoms with Crippen LogP contribution in [0, 0.1) is 11.8 Å². The summed E-state index contributed by atoms with van der Waals surface area (Å²) in [6, 6.07) is -0.417. The van der Waals surface area contributed by atoms with E-state index in [1.54, 1.807) is 4.90 Å². The van der Waals surface area contributed by atoms with Crippen molar-refractivity contribution >= 4 is 17.8 Å². The Morgan fingerprint density at radius 1 is 1.32 bits per heavy atom. The van der Waals surface area contributed by atoms with Gasteiger partial charge in [-0.1, -0.05) is 26.0 Å². The summed E-state index contributed by atoms with van der Waals surface area (Å²) in [6.45, 7) is 4.68. The number of nitrogens with one attached hydrogen (secondary N) is 1. The number of hydrogen-bond donors (Lipinski definition) is 2. The molecule has 7 heteroatoms. The quantitative estimate of drug-likeness (QED) is 0.560. The fraction of sp³-hybridized carbons (Fsp3) is 0.762. The molecule has 158 valence electrons. The van der Waals surface area contributed by atoms with Crippen molar-refractivity contribution in [3.8, 4) is 0 Å². The zero-order valence-electron chi connectivity index (χ0n) is 17.1. The molecule has 28 heavy (non-hydrogen) atoms. The lowest BCUT2D eigenvalue weighted by Crippen LogP contribution is -2.46. The molecule has 0 spiro atoms. The lowest BCUT2D eigenvalue weighted by molar-refractivity contribution is -0.145. The summed E-state index contributed by atoms with van der Waals surface area (Å²) in [4.78, 5) is 39.2. The minimum absolute atomic E-state index is 0.0384. The number of aliphatic hydroxyl groups is 1. The minimum atomic E-state index is -0.471. The molecule has 2 amide bonds. The fourth-order valence-electron chi connectivity index (χ4n) is 3.66. The lowest BCUT2D eigenvalue weighted by Gasteiger charge is -2.27. The van der Waals surface area contributed by atoms with Crippen LogP contribution >= 0.6 is 0 Å². The van der Waals surface area contributed by atoms with Crippen molar-refractivity contribution in [2.45, 2.75) is 70.9 Å². The summed E-state index contributed by atoms with van der Waals surface area (Å²) in [5.41, 5.74) is 0. The molecule has 2 N–H and O–H groups in total. The van der Waals surface area contributed by atoms with E-state index in [-0.39, 0.29) is 55.4 Å². The van der Waals surface area contributed by atoms with Crippen LogP contribution in [0.2, 0.25) is 0 Å². The Kier molecular flexibility index (Phi) is 8.96. The van der Waals surface area contributed by atoms with E-state index in [4.69, 9.17) is 4.74 Å². The van der Waals surface area contributed by atoms with Crippen LogP contribution in [-0.2, 0) is 19.1 Å². The van der Waals surface area contributed by atoms with Crippen molar-refractivity contribution < 1.29 is 24.2 Å². The van der Waals surface area contributed by atoms with Gasteiger partial charge in [-0.05, 0) is 38.0 Å². The molecule has 3 atom stereocenters. The number of ether oxygens (including phenoxy) is 1. The van der Waals surface area contributed by atoms with Gasteiger partial charge in [0.1, 0.15) is 6.61 Å². The molecule has 2 heterocycles. The topological polar surface area (TPSA) is 95.9 Å². The maximum Gasteiger partial charge on any atom is 0.305 e. The lowest BCUT2D eigenvalue weighted by atomic mass is 9.96. The molecule has 1 saturated heterocycles. The van der Waals surface area contributed by atoms with Gasteiger partial charge < -0.3 is 20.1 Å². The highest BCUT2D eigenvalue weighted by Gasteiger charge is 2.32. The van der Waals surface area contributed by atoms with Crippen LogP contribution in [-0.4, -0.2) is 59.6 Å². The van der Waals surface area contributed by atoms with Gasteiger partial charge in [0.15, 0.2) is 0 Å². The van der Waals surface area contributed by atoms with Crippen molar-refractivity contribution in [1.82, 2.24) is 10.2 Å². The van der Waals surface area contributed by atoms with Crippen LogP contribution in [0.5, 0.6) is 0 Å². The van der Waals surface area contributed by atoms with Crippen LogP contribution < -0.4 is 5.32 Å². The highest BCUT2D eigenvalue weighted by molar-refractivity contribution is 5.86. The van der Waals surface area contributed by atoms with Gasteiger partial charge >= 0.3 is 5.97 Å². The van der Waals surface area contributed by atoms with Crippen molar-refractivity contribution in [1.29, 1.82) is 0 Å². The normalized spacial score (nSPS) is 27.6. The number of rotatable bonds is 4. The van der Waals surface area contributed by atoms with Crippen molar-refractivity contribution in [3.63, 3.8) is 0 Å². The van der Waals surface area contributed by atoms with E-state index < -0.39 is 5.92 Å². The van der Waals surface area contributed by atoms with Gasteiger partial charge in [0.25, 0.3) is 0 Å². The van der Waals surface area contributed by atoms with Gasteiger partial charge in [0, 0.05) is 19.4 Å². The molecule has 2 aliphatic rings. The zero-order valence-corrected chi connectivity index (χ0v) is 17.1. The average molecular weight is 395 g/mol. The number of cyclic esters (lactones) is 1. The van der Waals surface area contributed by atoms with Crippen molar-refractivity contribution in [2.75, 3.05) is 19.8 Å². The van der Waals surface area contributed by atoms with Crippen LogP contribution in [0.15, 0.2) is 12.2 Å². The van der Waals surface area contributed by atoms with Crippen LogP contribution in [0.1, 0.15) is 58.8 Å². The maximum absolute atomic E-state index is 12.9. The predicted molar refractivity (Wildman–Crippen MR) is 105 cm³/mol. The second-order valence-electron chi connectivity index (χ2n) is 8.11. The number of carbonyl (C=O) groups is 3. The third-order valence-electron chi connectivity index (χ3n) is 5.60. The third kappa shape index (κ3) is 6.62. The van der Waals surface area contributed by atoms with E-state index in [9.17, 15) is 19.5 Å². The number of carbonyl (C=O) groups excluding carboxylic acids is 3. The number of likely N-dealkylation sites (tertiary alicyclic amines) is 1. The van der Waals surface area contributed by atoms with E-state index >= 15 is 0 Å². The van der Waals surface area contributed by atoms with E-state index in [1.807, 2.05) is 26.0 Å². The first-order valence-electron chi connectivity index (χ1n) is 10.4. The number of amides is 2. The van der Waals surface area contributed by atoms with Gasteiger partial charge in [-0.3, -0.25) is 14.4 Å². The molecule has 0 aromatic rings. The highest BCUT2D eigenvalue weighted by Crippen LogP contribution is 2.21. The molecule has 2 aliphatic heterocycles. The number of aliphatic hydroxyl groups excluding tert-OH is 1. The molecule has 0 unspecified atom stereocenters. The Balaban J connectivity index is 2.09. The van der Waals surface area contributed by atoms with Gasteiger partial charge in [-0.15, -0.1) is 0 Å². The standard InChI is InChI=1S/C21H34N2O5/c1-15(2)18-14-28-20(26)10-6-4-3-5-8-16(21(27)22-18)12-19(25)23-11-7-9-17(23)13-24/h3,5,15-18,24H,4,6-14H2,1-2H3,(H,22,27)/t16-,17+,18-/m1/s1. The number of allylic oxidation sites excluding steroid dienone is 2. The number of nitrogens with zero attached hydrogens (tertiary/aromatic N) is 1. The SMILES string of the molecule is CC(C)[C@H]1COC(=O)CCCC=CC[C@H](CC(=O)N2CCC[C@H]2CO)C(=O)N1. The summed E-state index contributed by atoms with van der Waals surface area (Å²) >= 11 is 0. The Hall–Kier alpha value is -1.89. The Morgan fingerprint density at radius 2 is 2.11 bits per heavy atom. The van der Waals surface area contributed by atoms with Crippen LogP contribution in [0.4, 0.5) is 0 Å². The van der Waals surface area contributed by atoms with Gasteiger partial charge in [0.05, 0.1) is 24.6 Å². The molecule has 1 fully saturated rings. The third-order valence-corrected chi connectivity index (χ3v) is 5.60. The molecule has 0 bridgehead atoms. The molecule has 0 saturated carbocycles. The Labute approximate surface area is 167 Å². The molecule has 0 aliphatic carbocycles. The summed E-state index contributed by atoms with van der Waals surface area (Å²) < 4.78 is 5.32. The van der Waals surface area contributed by atoms with Crippen molar-refractivity contribution in [2.24, 2.45) is 11.8 Å². The fourth-order valence-corrected chi connectivity index (χ4v) is 3.66. The number of esters is 1. The Morgan fingerprint density at radius 3 is 2.82 bits per heavy atom. The molecule has 7 nitrogen and oxygen atoms in total. The number of hydrogen-bond acceptors (Lipinski definition) is 5. The van der Waals surface area contributed by atoms with Gasteiger partial charge in [-0.2, -0.15) is 0 Å². The largest absolute Gasteiger partial charge is 0.463 e. The molecule has 0 radical (unpaired) electrons. The molecular weight excluding hydrogens is 360 g/mol. The second kappa shape index (κ2) is 11.2. The monoisotopic (exact) mass is 394 g/mol. The minimum Gasteiger partial charge on any atom is -0.463 e. The van der Waals surface area contributed by atoms with Crippen LogP contribution in [0.25, 0.3) is 0 Å². The highest BCUT2D eigenvalue weighted by atomic mass is 16.5. The second-order valence-corrected chi connectivity index (χ2v) is 8.11. The average Bonchev–Trinajstić information content (AvgIpc) is 3.14. The molecule has 2 rings (SSSR count). The van der Waals surface area contributed by atoms with Gasteiger partial charge in [0.2, 0.25) is 11.8 Å². The predicted octanol–water partition coefficient (Wildman–Crippen LogP) is 1.79. The Bertz CT molecular complexity index is 575. The first-order chi connectivity index (χ1) is 13.4. The molecular formula is C21H34N2O5. The summed E-state index contributed by atoms with van der Waals surface area (Å²) in [7, 11) is 0. The maximum atomic E-state index is 12.9. The van der Waals surface area contributed by atoms with Crippen molar-refractivity contribution in [3.05, 3.63) is 12.2 Å². The first-order valence-corrected chi connectivity index (χ1v) is 10.4.